The fourth-order valence-corrected chi connectivity index (χ4v) is 0.757. The smallest absolute Gasteiger partial charge is 0.362 e. The molecule has 0 spiro atoms. The number of alkyl halides is 4. The van der Waals surface area contributed by atoms with Crippen molar-refractivity contribution in [1.82, 2.24) is 0 Å². The summed E-state index contributed by atoms with van der Waals surface area (Å²) in [5.74, 6) is 0. The van der Waals surface area contributed by atoms with E-state index in [1.54, 1.807) is 13.8 Å². The highest BCUT2D eigenvalue weighted by Crippen LogP contribution is 2.27. The molecule has 0 saturated heterocycles. The molecule has 0 aromatic rings. The van der Waals surface area contributed by atoms with Gasteiger partial charge in [0.25, 0.3) is 0 Å². The van der Waals surface area contributed by atoms with E-state index in [0.717, 1.165) is 6.92 Å². The summed E-state index contributed by atoms with van der Waals surface area (Å²) in [7, 11) is 0. The molecule has 0 fully saturated rings. The minimum Gasteiger partial charge on any atom is -0.362 e. The highest BCUT2D eigenvalue weighted by atomic mass is 127. The number of hydrogen-bond acceptors (Lipinski definition) is 1. The molecular formula is C7H12F3IO. The van der Waals surface area contributed by atoms with Crippen molar-refractivity contribution in [2.75, 3.05) is 4.43 Å². The van der Waals surface area contributed by atoms with Gasteiger partial charge in [0.15, 0.2) is 6.10 Å². The first-order chi connectivity index (χ1) is 5.19. The maximum atomic E-state index is 12.0. The number of ether oxygens (including phenoxy) is 1. The van der Waals surface area contributed by atoms with Crippen molar-refractivity contribution in [2.24, 2.45) is 0 Å². The van der Waals surface area contributed by atoms with Gasteiger partial charge in [-0.15, -0.1) is 0 Å². The molecule has 0 aliphatic carbocycles. The van der Waals surface area contributed by atoms with Crippen LogP contribution in [-0.4, -0.2) is 22.3 Å². The third-order valence-corrected chi connectivity index (χ3v) is 3.12. The fraction of sp³-hybridized carbons (Fsp3) is 1.00. The molecule has 0 aliphatic heterocycles. The van der Waals surface area contributed by atoms with E-state index in [2.05, 4.69) is 0 Å². The van der Waals surface area contributed by atoms with Crippen LogP contribution in [0.5, 0.6) is 0 Å². The highest BCUT2D eigenvalue weighted by molar-refractivity contribution is 14.1. The van der Waals surface area contributed by atoms with Crippen LogP contribution in [0.25, 0.3) is 0 Å². The van der Waals surface area contributed by atoms with E-state index in [1.165, 1.54) is 0 Å². The van der Waals surface area contributed by atoms with Crippen molar-refractivity contribution in [3.05, 3.63) is 0 Å². The summed E-state index contributed by atoms with van der Waals surface area (Å²) in [5.41, 5.74) is -0.713. The van der Waals surface area contributed by atoms with Gasteiger partial charge in [-0.1, -0.05) is 22.6 Å². The predicted molar refractivity (Wildman–Crippen MR) is 49.6 cm³/mol. The molecule has 74 valence electrons. The molecule has 0 aliphatic rings. The largest absolute Gasteiger partial charge is 0.414 e. The summed E-state index contributed by atoms with van der Waals surface area (Å²) in [6.07, 6.45) is -5.95. The number of halogens is 4. The first-order valence-electron chi connectivity index (χ1n) is 3.49. The Labute approximate surface area is 83.8 Å². The van der Waals surface area contributed by atoms with Crippen LogP contribution in [0.4, 0.5) is 13.2 Å². The molecule has 1 nitrogen and oxygen atoms in total. The Bertz CT molecular complexity index is 144. The van der Waals surface area contributed by atoms with Crippen molar-refractivity contribution < 1.29 is 17.9 Å². The Balaban J connectivity index is 4.09. The molecule has 1 atom stereocenters. The van der Waals surface area contributed by atoms with E-state index in [-0.39, 0.29) is 0 Å². The van der Waals surface area contributed by atoms with Crippen LogP contribution >= 0.6 is 22.6 Å². The van der Waals surface area contributed by atoms with Crippen LogP contribution in [0, 0.1) is 0 Å². The zero-order valence-corrected chi connectivity index (χ0v) is 9.36. The summed E-state index contributed by atoms with van der Waals surface area (Å²) in [4.78, 5) is 0. The standard InChI is InChI=1S/C7H12F3IO/c1-5(7(8,9)10)12-6(2,3)4-11/h5H,4H2,1-3H3. The molecule has 5 heteroatoms. The highest BCUT2D eigenvalue weighted by Gasteiger charge is 2.39. The first kappa shape index (κ1) is 12.5. The molecule has 0 radical (unpaired) electrons. The summed E-state index contributed by atoms with van der Waals surface area (Å²) >= 11 is 2.00. The third-order valence-electron chi connectivity index (χ3n) is 1.28. The Morgan fingerprint density at radius 3 is 2.00 bits per heavy atom. The van der Waals surface area contributed by atoms with Crippen LogP contribution in [0.3, 0.4) is 0 Å². The van der Waals surface area contributed by atoms with E-state index in [4.69, 9.17) is 4.74 Å². The van der Waals surface area contributed by atoms with Crippen molar-refractivity contribution >= 4 is 22.6 Å². The van der Waals surface area contributed by atoms with Crippen molar-refractivity contribution in [1.29, 1.82) is 0 Å². The normalized spacial score (nSPS) is 16.2. The van der Waals surface area contributed by atoms with Gasteiger partial charge in [0.2, 0.25) is 0 Å². The zero-order chi connectivity index (χ0) is 9.99. The van der Waals surface area contributed by atoms with Gasteiger partial charge in [0.05, 0.1) is 5.60 Å². The lowest BCUT2D eigenvalue weighted by Gasteiger charge is -2.28. The van der Waals surface area contributed by atoms with Gasteiger partial charge in [0, 0.05) is 4.43 Å². The first-order valence-corrected chi connectivity index (χ1v) is 5.02. The summed E-state index contributed by atoms with van der Waals surface area (Å²) in [6.45, 7) is 4.30. The lowest BCUT2D eigenvalue weighted by atomic mass is 10.2. The Morgan fingerprint density at radius 2 is 1.75 bits per heavy atom. The van der Waals surface area contributed by atoms with Crippen LogP contribution in [0.15, 0.2) is 0 Å². The Hall–Kier alpha value is 0.480. The molecule has 0 aromatic carbocycles. The zero-order valence-electron chi connectivity index (χ0n) is 7.20. The summed E-state index contributed by atoms with van der Waals surface area (Å²) < 4.78 is 41.3. The van der Waals surface area contributed by atoms with Crippen LogP contribution in [0.1, 0.15) is 20.8 Å². The van der Waals surface area contributed by atoms with Crippen LogP contribution in [0.2, 0.25) is 0 Å². The Kier molecular flexibility index (Phi) is 4.29. The van der Waals surface area contributed by atoms with E-state index in [1.807, 2.05) is 22.6 Å². The van der Waals surface area contributed by atoms with Crippen molar-refractivity contribution in [2.45, 2.75) is 38.7 Å². The van der Waals surface area contributed by atoms with Gasteiger partial charge in [0.1, 0.15) is 0 Å². The monoisotopic (exact) mass is 296 g/mol. The molecule has 0 rings (SSSR count). The average molecular weight is 296 g/mol. The molecule has 0 saturated carbocycles. The van der Waals surface area contributed by atoms with Crippen molar-refractivity contribution in [3.63, 3.8) is 0 Å². The minimum absolute atomic E-state index is 0.533. The van der Waals surface area contributed by atoms with Crippen LogP contribution < -0.4 is 0 Å². The van der Waals surface area contributed by atoms with E-state index in [9.17, 15) is 13.2 Å². The van der Waals surface area contributed by atoms with E-state index < -0.39 is 17.9 Å². The molecule has 0 amide bonds. The number of hydrogen-bond donors (Lipinski definition) is 0. The van der Waals surface area contributed by atoms with E-state index in [0.29, 0.717) is 4.43 Å². The van der Waals surface area contributed by atoms with E-state index >= 15 is 0 Å². The van der Waals surface area contributed by atoms with Crippen LogP contribution in [-0.2, 0) is 4.74 Å². The van der Waals surface area contributed by atoms with Gasteiger partial charge in [-0.25, -0.2) is 0 Å². The summed E-state index contributed by atoms with van der Waals surface area (Å²) in [6, 6.07) is 0. The topological polar surface area (TPSA) is 9.23 Å². The molecule has 0 heterocycles. The molecule has 12 heavy (non-hydrogen) atoms. The maximum Gasteiger partial charge on any atom is 0.414 e. The third kappa shape index (κ3) is 4.49. The second kappa shape index (κ2) is 4.13. The average Bonchev–Trinajstić information content (AvgIpc) is 1.85. The predicted octanol–water partition coefficient (Wildman–Crippen LogP) is 3.17. The van der Waals surface area contributed by atoms with Gasteiger partial charge in [-0.2, -0.15) is 13.2 Å². The maximum absolute atomic E-state index is 12.0. The molecule has 0 bridgehead atoms. The lowest BCUT2D eigenvalue weighted by molar-refractivity contribution is -0.237. The minimum atomic E-state index is -4.26. The Morgan fingerprint density at radius 1 is 1.33 bits per heavy atom. The molecular weight excluding hydrogens is 284 g/mol. The number of rotatable bonds is 3. The van der Waals surface area contributed by atoms with Gasteiger partial charge >= 0.3 is 6.18 Å². The summed E-state index contributed by atoms with van der Waals surface area (Å²) in [5, 5.41) is 0. The van der Waals surface area contributed by atoms with Gasteiger partial charge in [-0.3, -0.25) is 0 Å². The molecule has 0 N–H and O–H groups in total. The molecule has 1 unspecified atom stereocenters. The molecule has 0 aromatic heterocycles. The second-order valence-electron chi connectivity index (χ2n) is 3.20. The quantitative estimate of drug-likeness (QED) is 0.574. The SMILES string of the molecule is CC(OC(C)(C)CI)C(F)(F)F. The van der Waals surface area contributed by atoms with Crippen molar-refractivity contribution in [3.8, 4) is 0 Å². The van der Waals surface area contributed by atoms with Gasteiger partial charge in [-0.05, 0) is 20.8 Å². The fourth-order valence-electron chi connectivity index (χ4n) is 0.577. The van der Waals surface area contributed by atoms with Gasteiger partial charge < -0.3 is 4.74 Å². The lowest BCUT2D eigenvalue weighted by Crippen LogP contribution is -2.38. The second-order valence-corrected chi connectivity index (χ2v) is 3.96.